The average Bonchev–Trinajstić information content (AvgIpc) is 3.12. The first-order valence-corrected chi connectivity index (χ1v) is 10.0. The molecule has 1 amide bonds. The highest BCUT2D eigenvalue weighted by Gasteiger charge is 2.37. The van der Waals surface area contributed by atoms with E-state index in [2.05, 4.69) is 4.90 Å². The molecule has 0 radical (unpaired) electrons. The summed E-state index contributed by atoms with van der Waals surface area (Å²) in [6, 6.07) is 4.78. The van der Waals surface area contributed by atoms with E-state index in [0.29, 0.717) is 25.9 Å². The van der Waals surface area contributed by atoms with Gasteiger partial charge in [-0.25, -0.2) is 12.8 Å². The van der Waals surface area contributed by atoms with E-state index in [1.54, 1.807) is 6.07 Å². The van der Waals surface area contributed by atoms with E-state index < -0.39 is 15.8 Å². The lowest BCUT2D eigenvalue weighted by Crippen LogP contribution is -2.51. The molecule has 0 aliphatic carbocycles. The Kier molecular flexibility index (Phi) is 5.27. The van der Waals surface area contributed by atoms with Crippen molar-refractivity contribution in [1.29, 1.82) is 5.26 Å². The first-order chi connectivity index (χ1) is 12.3. The third-order valence-electron chi connectivity index (χ3n) is 5.21. The highest BCUT2D eigenvalue weighted by molar-refractivity contribution is 7.89. The smallest absolute Gasteiger partial charge is 0.243 e. The molecule has 3 rings (SSSR count). The van der Waals surface area contributed by atoms with Crippen LogP contribution in [0.15, 0.2) is 23.1 Å². The van der Waals surface area contributed by atoms with Crippen LogP contribution in [-0.4, -0.2) is 55.2 Å². The number of primary amides is 1. The Morgan fingerprint density at radius 2 is 1.92 bits per heavy atom. The second-order valence-corrected chi connectivity index (χ2v) is 8.62. The van der Waals surface area contributed by atoms with Gasteiger partial charge in [0.05, 0.1) is 16.5 Å². The maximum absolute atomic E-state index is 13.5. The number of halogens is 1. The van der Waals surface area contributed by atoms with Crippen molar-refractivity contribution in [3.05, 3.63) is 29.6 Å². The third-order valence-corrected chi connectivity index (χ3v) is 7.11. The summed E-state index contributed by atoms with van der Waals surface area (Å²) >= 11 is 0. The average molecular weight is 380 g/mol. The van der Waals surface area contributed by atoms with Crippen molar-refractivity contribution in [2.75, 3.05) is 19.6 Å². The van der Waals surface area contributed by atoms with Crippen molar-refractivity contribution >= 4 is 15.9 Å². The third kappa shape index (κ3) is 3.45. The number of carbonyl (C=O) groups is 1. The Morgan fingerprint density at radius 1 is 1.23 bits per heavy atom. The Hall–Kier alpha value is -2.02. The number of nitrogens with zero attached hydrogens (tertiary/aromatic N) is 3. The highest BCUT2D eigenvalue weighted by atomic mass is 32.2. The standard InChI is InChI=1S/C17H21FN4O3S/c18-15-4-3-14(10-12(15)11-19)26(24,25)21-8-5-13(6-9-21)22-7-1-2-16(22)17(20)23/h3-4,10,13,16H,1-2,5-9H2,(H2,20,23). The van der Waals surface area contributed by atoms with Gasteiger partial charge in [0.1, 0.15) is 11.9 Å². The number of piperidine rings is 1. The molecule has 0 saturated carbocycles. The van der Waals surface area contributed by atoms with Crippen molar-refractivity contribution in [3.63, 3.8) is 0 Å². The van der Waals surface area contributed by atoms with Crippen LogP contribution < -0.4 is 5.73 Å². The van der Waals surface area contributed by atoms with E-state index in [9.17, 15) is 17.6 Å². The van der Waals surface area contributed by atoms with Crippen LogP contribution in [0.3, 0.4) is 0 Å². The number of sulfonamides is 1. The first kappa shape index (κ1) is 18.8. The molecule has 0 aromatic heterocycles. The van der Waals surface area contributed by atoms with Crippen LogP contribution >= 0.6 is 0 Å². The number of benzene rings is 1. The van der Waals surface area contributed by atoms with Gasteiger partial charge in [-0.1, -0.05) is 0 Å². The zero-order valence-corrected chi connectivity index (χ0v) is 15.1. The van der Waals surface area contributed by atoms with E-state index >= 15 is 0 Å². The molecule has 9 heteroatoms. The molecule has 1 aromatic rings. The molecule has 2 saturated heterocycles. The van der Waals surface area contributed by atoms with Crippen LogP contribution in [-0.2, 0) is 14.8 Å². The minimum Gasteiger partial charge on any atom is -0.368 e. The Bertz CT molecular complexity index is 844. The van der Waals surface area contributed by atoms with E-state index in [4.69, 9.17) is 11.0 Å². The van der Waals surface area contributed by atoms with Gasteiger partial charge in [0.15, 0.2) is 0 Å². The summed E-state index contributed by atoms with van der Waals surface area (Å²) in [5, 5.41) is 8.90. The SMILES string of the molecule is N#Cc1cc(S(=O)(=O)N2CCC(N3CCCC3C(N)=O)CC2)ccc1F. The summed E-state index contributed by atoms with van der Waals surface area (Å²) in [4.78, 5) is 13.6. The Labute approximate surface area is 152 Å². The van der Waals surface area contributed by atoms with Crippen LogP contribution in [0, 0.1) is 17.1 Å². The molecule has 1 atom stereocenters. The minimum atomic E-state index is -3.78. The van der Waals surface area contributed by atoms with Gasteiger partial charge in [-0.3, -0.25) is 9.69 Å². The molecule has 1 aromatic carbocycles. The van der Waals surface area contributed by atoms with Crippen LogP contribution in [0.4, 0.5) is 4.39 Å². The molecule has 26 heavy (non-hydrogen) atoms. The highest BCUT2D eigenvalue weighted by Crippen LogP contribution is 2.28. The maximum Gasteiger partial charge on any atom is 0.243 e. The lowest BCUT2D eigenvalue weighted by molar-refractivity contribution is -0.123. The van der Waals surface area contributed by atoms with Gasteiger partial charge in [-0.05, 0) is 50.4 Å². The molecule has 2 N–H and O–H groups in total. The predicted molar refractivity (Wildman–Crippen MR) is 91.8 cm³/mol. The number of nitrogens with two attached hydrogens (primary N) is 1. The fourth-order valence-corrected chi connectivity index (χ4v) is 5.34. The van der Waals surface area contributed by atoms with Gasteiger partial charge in [0.25, 0.3) is 0 Å². The van der Waals surface area contributed by atoms with E-state index in [1.807, 2.05) is 0 Å². The predicted octanol–water partition coefficient (Wildman–Crippen LogP) is 0.800. The number of rotatable bonds is 4. The van der Waals surface area contributed by atoms with Crippen LogP contribution in [0.2, 0.25) is 0 Å². The number of likely N-dealkylation sites (tertiary alicyclic amines) is 1. The molecule has 0 bridgehead atoms. The van der Waals surface area contributed by atoms with Gasteiger partial charge in [0, 0.05) is 19.1 Å². The van der Waals surface area contributed by atoms with Gasteiger partial charge < -0.3 is 5.73 Å². The van der Waals surface area contributed by atoms with Gasteiger partial charge >= 0.3 is 0 Å². The van der Waals surface area contributed by atoms with Crippen molar-refractivity contribution < 1.29 is 17.6 Å². The number of carbonyl (C=O) groups excluding carboxylic acids is 1. The maximum atomic E-state index is 13.5. The number of hydrogen-bond acceptors (Lipinski definition) is 5. The quantitative estimate of drug-likeness (QED) is 0.831. The molecule has 7 nitrogen and oxygen atoms in total. The summed E-state index contributed by atoms with van der Waals surface area (Å²) in [5.41, 5.74) is 5.17. The molecule has 2 heterocycles. The first-order valence-electron chi connectivity index (χ1n) is 8.59. The number of hydrogen-bond donors (Lipinski definition) is 1. The zero-order chi connectivity index (χ0) is 18.9. The lowest BCUT2D eigenvalue weighted by Gasteiger charge is -2.38. The van der Waals surface area contributed by atoms with Gasteiger partial charge in [-0.15, -0.1) is 0 Å². The van der Waals surface area contributed by atoms with E-state index in [-0.39, 0.29) is 28.4 Å². The minimum absolute atomic E-state index is 0.0786. The normalized spacial score (nSPS) is 23.0. The summed E-state index contributed by atoms with van der Waals surface area (Å²) < 4.78 is 40.4. The summed E-state index contributed by atoms with van der Waals surface area (Å²) in [6.07, 6.45) is 2.88. The monoisotopic (exact) mass is 380 g/mol. The van der Waals surface area contributed by atoms with Crippen molar-refractivity contribution in [1.82, 2.24) is 9.21 Å². The molecule has 0 spiro atoms. The lowest BCUT2D eigenvalue weighted by atomic mass is 10.0. The van der Waals surface area contributed by atoms with Crippen LogP contribution in [0.25, 0.3) is 0 Å². The molecule has 2 aliphatic heterocycles. The summed E-state index contributed by atoms with van der Waals surface area (Å²) in [7, 11) is -3.78. The molecular weight excluding hydrogens is 359 g/mol. The number of amides is 1. The molecule has 140 valence electrons. The Morgan fingerprint density at radius 3 is 2.54 bits per heavy atom. The fourth-order valence-electron chi connectivity index (χ4n) is 3.85. The van der Waals surface area contributed by atoms with E-state index in [1.165, 1.54) is 10.4 Å². The second-order valence-electron chi connectivity index (χ2n) is 6.69. The number of nitriles is 1. The molecular formula is C17H21FN4O3S. The van der Waals surface area contributed by atoms with Crippen molar-refractivity contribution in [2.45, 2.75) is 42.7 Å². The van der Waals surface area contributed by atoms with Gasteiger partial charge in [-0.2, -0.15) is 9.57 Å². The summed E-state index contributed by atoms with van der Waals surface area (Å²) in [5.74, 6) is -1.07. The zero-order valence-electron chi connectivity index (χ0n) is 14.3. The molecule has 1 unspecified atom stereocenters. The van der Waals surface area contributed by atoms with Crippen molar-refractivity contribution in [3.8, 4) is 6.07 Å². The summed E-state index contributed by atoms with van der Waals surface area (Å²) in [6.45, 7) is 1.43. The topological polar surface area (TPSA) is 108 Å². The van der Waals surface area contributed by atoms with E-state index in [0.717, 1.165) is 31.5 Å². The van der Waals surface area contributed by atoms with Crippen LogP contribution in [0.1, 0.15) is 31.2 Å². The second kappa shape index (κ2) is 7.31. The van der Waals surface area contributed by atoms with Gasteiger partial charge in [0.2, 0.25) is 15.9 Å². The fraction of sp³-hybridized carbons (Fsp3) is 0.529. The van der Waals surface area contributed by atoms with Crippen LogP contribution in [0.5, 0.6) is 0 Å². The molecule has 2 aliphatic rings. The Balaban J connectivity index is 1.71. The molecule has 2 fully saturated rings. The largest absolute Gasteiger partial charge is 0.368 e. The van der Waals surface area contributed by atoms with Crippen molar-refractivity contribution in [2.24, 2.45) is 5.73 Å².